The Morgan fingerprint density at radius 2 is 1.75 bits per heavy atom. The molecule has 2 nitrogen and oxygen atoms in total. The van der Waals surface area contributed by atoms with E-state index in [0.29, 0.717) is 17.9 Å². The van der Waals surface area contributed by atoms with Crippen molar-refractivity contribution in [2.45, 2.75) is 20.1 Å². The van der Waals surface area contributed by atoms with E-state index in [4.69, 9.17) is 10.5 Å². The summed E-state index contributed by atoms with van der Waals surface area (Å²) in [6, 6.07) is 7.10. The molecule has 0 radical (unpaired) electrons. The molecule has 2 aromatic rings. The van der Waals surface area contributed by atoms with Crippen LogP contribution >= 0.6 is 15.9 Å². The first kappa shape index (κ1) is 14.9. The number of aryl methyl sites for hydroxylation is 1. The highest BCUT2D eigenvalue weighted by Crippen LogP contribution is 2.28. The van der Waals surface area contributed by atoms with Crippen molar-refractivity contribution in [3.8, 4) is 5.75 Å². The fourth-order valence-electron chi connectivity index (χ4n) is 2.01. The van der Waals surface area contributed by atoms with Crippen LogP contribution in [0, 0.1) is 18.6 Å². The van der Waals surface area contributed by atoms with E-state index in [0.717, 1.165) is 21.7 Å². The lowest BCUT2D eigenvalue weighted by Gasteiger charge is -2.14. The Bertz CT molecular complexity index is 611. The van der Waals surface area contributed by atoms with Crippen LogP contribution in [0.4, 0.5) is 8.78 Å². The fourth-order valence-corrected chi connectivity index (χ4v) is 2.63. The van der Waals surface area contributed by atoms with Gasteiger partial charge in [-0.3, -0.25) is 0 Å². The molecule has 0 aliphatic heterocycles. The summed E-state index contributed by atoms with van der Waals surface area (Å²) < 4.78 is 32.8. The Morgan fingerprint density at radius 1 is 1.10 bits per heavy atom. The third-order valence-electron chi connectivity index (χ3n) is 2.84. The predicted octanol–water partition coefficient (Wildman–Crippen LogP) is 4.07. The van der Waals surface area contributed by atoms with Crippen LogP contribution in [0.3, 0.4) is 0 Å². The Balaban J connectivity index is 2.22. The zero-order valence-corrected chi connectivity index (χ0v) is 12.5. The normalized spacial score (nSPS) is 10.7. The summed E-state index contributed by atoms with van der Waals surface area (Å²) >= 11 is 3.39. The van der Waals surface area contributed by atoms with Gasteiger partial charge in [-0.25, -0.2) is 8.78 Å². The second-order valence-corrected chi connectivity index (χ2v) is 5.40. The largest absolute Gasteiger partial charge is 0.488 e. The molecular formula is C15H14BrF2NO. The number of rotatable bonds is 4. The van der Waals surface area contributed by atoms with E-state index in [9.17, 15) is 8.78 Å². The van der Waals surface area contributed by atoms with Crippen molar-refractivity contribution in [3.05, 3.63) is 63.1 Å². The van der Waals surface area contributed by atoms with Crippen LogP contribution in [-0.4, -0.2) is 0 Å². The molecule has 5 heteroatoms. The first-order valence-corrected chi connectivity index (χ1v) is 6.85. The SMILES string of the molecule is Cc1cc(Br)cc(CN)c1OCc1cc(F)cc(F)c1. The van der Waals surface area contributed by atoms with E-state index < -0.39 is 11.6 Å². The van der Waals surface area contributed by atoms with Crippen LogP contribution in [0.2, 0.25) is 0 Å². The lowest BCUT2D eigenvalue weighted by molar-refractivity contribution is 0.299. The number of halogens is 3. The van der Waals surface area contributed by atoms with Gasteiger partial charge in [0, 0.05) is 22.6 Å². The number of nitrogens with two attached hydrogens (primary N) is 1. The molecule has 2 N–H and O–H groups in total. The first-order valence-electron chi connectivity index (χ1n) is 6.06. The summed E-state index contributed by atoms with van der Waals surface area (Å²) in [5, 5.41) is 0. The molecular weight excluding hydrogens is 328 g/mol. The highest BCUT2D eigenvalue weighted by atomic mass is 79.9. The van der Waals surface area contributed by atoms with Gasteiger partial charge in [0.2, 0.25) is 0 Å². The average Bonchev–Trinajstić information content (AvgIpc) is 2.35. The van der Waals surface area contributed by atoms with Gasteiger partial charge in [-0.15, -0.1) is 0 Å². The molecule has 0 aromatic heterocycles. The molecule has 2 aromatic carbocycles. The lowest BCUT2D eigenvalue weighted by Crippen LogP contribution is -2.05. The highest BCUT2D eigenvalue weighted by molar-refractivity contribution is 9.10. The minimum absolute atomic E-state index is 0.0875. The summed E-state index contributed by atoms with van der Waals surface area (Å²) in [5.41, 5.74) is 7.88. The van der Waals surface area contributed by atoms with Crippen LogP contribution < -0.4 is 10.5 Å². The summed E-state index contributed by atoms with van der Waals surface area (Å²) in [6.45, 7) is 2.31. The van der Waals surface area contributed by atoms with E-state index in [2.05, 4.69) is 15.9 Å². The topological polar surface area (TPSA) is 35.2 Å². The molecule has 0 heterocycles. The predicted molar refractivity (Wildman–Crippen MR) is 77.5 cm³/mol. The molecule has 106 valence electrons. The Kier molecular flexibility index (Phi) is 4.73. The van der Waals surface area contributed by atoms with Crippen LogP contribution in [-0.2, 0) is 13.2 Å². The van der Waals surface area contributed by atoms with Crippen molar-refractivity contribution in [2.75, 3.05) is 0 Å². The van der Waals surface area contributed by atoms with Gasteiger partial charge in [0.25, 0.3) is 0 Å². The van der Waals surface area contributed by atoms with Gasteiger partial charge in [0.1, 0.15) is 24.0 Å². The van der Waals surface area contributed by atoms with E-state index in [1.165, 1.54) is 12.1 Å². The summed E-state index contributed by atoms with van der Waals surface area (Å²) in [4.78, 5) is 0. The molecule has 0 atom stereocenters. The molecule has 0 unspecified atom stereocenters. The van der Waals surface area contributed by atoms with E-state index in [1.807, 2.05) is 19.1 Å². The third-order valence-corrected chi connectivity index (χ3v) is 3.30. The molecule has 2 rings (SSSR count). The maximum absolute atomic E-state index is 13.1. The fraction of sp³-hybridized carbons (Fsp3) is 0.200. The maximum Gasteiger partial charge on any atom is 0.127 e. The summed E-state index contributed by atoms with van der Waals surface area (Å²) in [6.07, 6.45) is 0. The van der Waals surface area contributed by atoms with E-state index in [1.54, 1.807) is 0 Å². The lowest BCUT2D eigenvalue weighted by atomic mass is 10.1. The minimum atomic E-state index is -0.616. The molecule has 0 bridgehead atoms. The second kappa shape index (κ2) is 6.33. The molecule has 0 amide bonds. The molecule has 0 saturated carbocycles. The van der Waals surface area contributed by atoms with Crippen molar-refractivity contribution >= 4 is 15.9 Å². The number of benzene rings is 2. The quantitative estimate of drug-likeness (QED) is 0.909. The van der Waals surface area contributed by atoms with Gasteiger partial charge >= 0.3 is 0 Å². The van der Waals surface area contributed by atoms with Crippen LogP contribution in [0.15, 0.2) is 34.8 Å². The summed E-state index contributed by atoms with van der Waals surface area (Å²) in [5.74, 6) is -0.578. The smallest absolute Gasteiger partial charge is 0.127 e. The van der Waals surface area contributed by atoms with Crippen molar-refractivity contribution in [3.63, 3.8) is 0 Å². The Hall–Kier alpha value is -1.46. The molecule has 0 aliphatic rings. The molecule has 0 aliphatic carbocycles. The summed E-state index contributed by atoms with van der Waals surface area (Å²) in [7, 11) is 0. The molecule has 0 spiro atoms. The molecule has 0 saturated heterocycles. The van der Waals surface area contributed by atoms with Gasteiger partial charge in [-0.05, 0) is 42.3 Å². The van der Waals surface area contributed by atoms with E-state index in [-0.39, 0.29) is 6.61 Å². The highest BCUT2D eigenvalue weighted by Gasteiger charge is 2.09. The monoisotopic (exact) mass is 341 g/mol. The van der Waals surface area contributed by atoms with Gasteiger partial charge < -0.3 is 10.5 Å². The van der Waals surface area contributed by atoms with Crippen molar-refractivity contribution in [2.24, 2.45) is 5.73 Å². The average molecular weight is 342 g/mol. The zero-order valence-electron chi connectivity index (χ0n) is 10.9. The third kappa shape index (κ3) is 3.55. The maximum atomic E-state index is 13.1. The van der Waals surface area contributed by atoms with E-state index >= 15 is 0 Å². The number of ether oxygens (including phenoxy) is 1. The molecule has 0 fully saturated rings. The zero-order chi connectivity index (χ0) is 14.7. The van der Waals surface area contributed by atoms with Crippen LogP contribution in [0.25, 0.3) is 0 Å². The van der Waals surface area contributed by atoms with Crippen molar-refractivity contribution in [1.29, 1.82) is 0 Å². The van der Waals surface area contributed by atoms with Crippen molar-refractivity contribution in [1.82, 2.24) is 0 Å². The Labute approximate surface area is 124 Å². The number of hydrogen-bond donors (Lipinski definition) is 1. The van der Waals surface area contributed by atoms with Gasteiger partial charge in [-0.1, -0.05) is 15.9 Å². The first-order chi connectivity index (χ1) is 9.49. The van der Waals surface area contributed by atoms with Crippen LogP contribution in [0.5, 0.6) is 5.75 Å². The second-order valence-electron chi connectivity index (χ2n) is 4.48. The van der Waals surface area contributed by atoms with Gasteiger partial charge in [0.05, 0.1) is 0 Å². The Morgan fingerprint density at radius 3 is 2.35 bits per heavy atom. The van der Waals surface area contributed by atoms with Gasteiger partial charge in [0.15, 0.2) is 0 Å². The number of hydrogen-bond acceptors (Lipinski definition) is 2. The standard InChI is InChI=1S/C15H14BrF2NO/c1-9-2-12(16)5-11(7-19)15(9)20-8-10-3-13(17)6-14(18)4-10/h2-6H,7-8,19H2,1H3. The minimum Gasteiger partial charge on any atom is -0.488 e. The van der Waals surface area contributed by atoms with Gasteiger partial charge in [-0.2, -0.15) is 0 Å². The van der Waals surface area contributed by atoms with Crippen LogP contribution in [0.1, 0.15) is 16.7 Å². The molecule has 20 heavy (non-hydrogen) atoms. The van der Waals surface area contributed by atoms with Crippen molar-refractivity contribution < 1.29 is 13.5 Å².